The van der Waals surface area contributed by atoms with E-state index in [1.807, 2.05) is 12.1 Å². The average Bonchev–Trinajstić information content (AvgIpc) is 2.46. The van der Waals surface area contributed by atoms with Gasteiger partial charge in [-0.25, -0.2) is 0 Å². The molecule has 1 aliphatic heterocycles. The maximum Gasteiger partial charge on any atom is 0.124 e. The third kappa shape index (κ3) is 1.18. The fraction of sp³-hybridized carbons (Fsp3) is 0.400. The normalized spacial score (nSPS) is 20.3. The van der Waals surface area contributed by atoms with E-state index in [4.69, 9.17) is 16.3 Å². The molecule has 1 aliphatic rings. The summed E-state index contributed by atoms with van der Waals surface area (Å²) in [5, 5.41) is 0.755. The van der Waals surface area contributed by atoms with E-state index in [9.17, 15) is 0 Å². The van der Waals surface area contributed by atoms with Crippen LogP contribution < -0.4 is 4.74 Å². The lowest BCUT2D eigenvalue weighted by Gasteiger charge is -2.02. The number of hydrogen-bond acceptors (Lipinski definition) is 1. The molecule has 1 unspecified atom stereocenters. The topological polar surface area (TPSA) is 9.23 Å². The molecule has 0 fully saturated rings. The van der Waals surface area contributed by atoms with Gasteiger partial charge in [0.05, 0.1) is 6.61 Å². The van der Waals surface area contributed by atoms with Crippen molar-refractivity contribution in [2.75, 3.05) is 6.61 Å². The number of rotatable bonds is 1. The first-order chi connectivity index (χ1) is 5.81. The summed E-state index contributed by atoms with van der Waals surface area (Å²) in [6.45, 7) is 2.99. The highest BCUT2D eigenvalue weighted by Gasteiger charge is 2.21. The smallest absolute Gasteiger partial charge is 0.124 e. The molecule has 0 N–H and O–H groups in total. The Balaban J connectivity index is 2.40. The molecule has 2 heteroatoms. The maximum absolute atomic E-state index is 5.83. The van der Waals surface area contributed by atoms with Crippen LogP contribution >= 0.6 is 11.6 Å². The van der Waals surface area contributed by atoms with E-state index in [0.717, 1.165) is 23.8 Å². The van der Waals surface area contributed by atoms with Crippen molar-refractivity contribution >= 4 is 11.6 Å². The van der Waals surface area contributed by atoms with E-state index in [0.29, 0.717) is 5.92 Å². The van der Waals surface area contributed by atoms with Crippen LogP contribution in [0.15, 0.2) is 18.2 Å². The van der Waals surface area contributed by atoms with Crippen LogP contribution in [0.1, 0.15) is 24.8 Å². The zero-order valence-electron chi connectivity index (χ0n) is 7.01. The highest BCUT2D eigenvalue weighted by Crippen LogP contribution is 2.37. The van der Waals surface area contributed by atoms with Crippen molar-refractivity contribution in [1.82, 2.24) is 0 Å². The molecule has 1 aromatic rings. The molecule has 0 bridgehead atoms. The van der Waals surface area contributed by atoms with E-state index < -0.39 is 0 Å². The molecule has 1 aromatic carbocycles. The zero-order valence-corrected chi connectivity index (χ0v) is 7.77. The van der Waals surface area contributed by atoms with Crippen molar-refractivity contribution in [3.8, 4) is 5.75 Å². The molecule has 0 aliphatic carbocycles. The summed E-state index contributed by atoms with van der Waals surface area (Å²) >= 11 is 5.83. The van der Waals surface area contributed by atoms with Crippen LogP contribution in [0.25, 0.3) is 0 Å². The second-order valence-electron chi connectivity index (χ2n) is 3.10. The van der Waals surface area contributed by atoms with E-state index in [-0.39, 0.29) is 0 Å². The number of fused-ring (bicyclic) bond motifs is 1. The van der Waals surface area contributed by atoms with Gasteiger partial charge >= 0.3 is 0 Å². The predicted molar refractivity (Wildman–Crippen MR) is 50.0 cm³/mol. The SMILES string of the molecule is CCC1COc2cc(Cl)ccc21. The molecule has 0 saturated carbocycles. The minimum Gasteiger partial charge on any atom is -0.493 e. The number of hydrogen-bond donors (Lipinski definition) is 0. The van der Waals surface area contributed by atoms with Crippen LogP contribution in [0.3, 0.4) is 0 Å². The molecular weight excluding hydrogens is 172 g/mol. The molecule has 0 saturated heterocycles. The molecule has 12 heavy (non-hydrogen) atoms. The molecule has 1 nitrogen and oxygen atoms in total. The van der Waals surface area contributed by atoms with Gasteiger partial charge in [-0.2, -0.15) is 0 Å². The zero-order chi connectivity index (χ0) is 8.55. The highest BCUT2D eigenvalue weighted by atomic mass is 35.5. The molecule has 1 heterocycles. The molecule has 0 spiro atoms. The quantitative estimate of drug-likeness (QED) is 0.648. The fourth-order valence-corrected chi connectivity index (χ4v) is 1.75. The molecule has 2 rings (SSSR count). The van der Waals surface area contributed by atoms with E-state index >= 15 is 0 Å². The Labute approximate surface area is 77.3 Å². The van der Waals surface area contributed by atoms with Crippen LogP contribution in [-0.2, 0) is 0 Å². The predicted octanol–water partition coefficient (Wildman–Crippen LogP) is 3.23. The average molecular weight is 183 g/mol. The largest absolute Gasteiger partial charge is 0.493 e. The monoisotopic (exact) mass is 182 g/mol. The highest BCUT2D eigenvalue weighted by molar-refractivity contribution is 6.30. The second-order valence-corrected chi connectivity index (χ2v) is 3.53. The van der Waals surface area contributed by atoms with Gasteiger partial charge in [-0.3, -0.25) is 0 Å². The minimum absolute atomic E-state index is 0.567. The van der Waals surface area contributed by atoms with Crippen LogP contribution in [0.4, 0.5) is 0 Å². The van der Waals surface area contributed by atoms with E-state index in [2.05, 4.69) is 13.0 Å². The van der Waals surface area contributed by atoms with Gasteiger partial charge in [0, 0.05) is 16.5 Å². The lowest BCUT2D eigenvalue weighted by Crippen LogP contribution is -1.97. The Morgan fingerprint density at radius 1 is 1.58 bits per heavy atom. The summed E-state index contributed by atoms with van der Waals surface area (Å²) in [4.78, 5) is 0. The van der Waals surface area contributed by atoms with Crippen molar-refractivity contribution < 1.29 is 4.74 Å². The lowest BCUT2D eigenvalue weighted by molar-refractivity contribution is 0.328. The second kappa shape index (κ2) is 2.98. The number of halogens is 1. The molecule has 0 amide bonds. The van der Waals surface area contributed by atoms with Crippen molar-refractivity contribution in [1.29, 1.82) is 0 Å². The fourth-order valence-electron chi connectivity index (χ4n) is 1.59. The standard InChI is InChI=1S/C10H11ClO/c1-2-7-6-12-10-5-8(11)3-4-9(7)10/h3-5,7H,2,6H2,1H3. The van der Waals surface area contributed by atoms with Crippen LogP contribution in [0, 0.1) is 0 Å². The lowest BCUT2D eigenvalue weighted by atomic mass is 9.99. The van der Waals surface area contributed by atoms with Gasteiger partial charge < -0.3 is 4.74 Å². The van der Waals surface area contributed by atoms with Crippen LogP contribution in [0.2, 0.25) is 5.02 Å². The third-order valence-electron chi connectivity index (χ3n) is 2.35. The molecular formula is C10H11ClO. The summed E-state index contributed by atoms with van der Waals surface area (Å²) in [6, 6.07) is 5.89. The van der Waals surface area contributed by atoms with Crippen molar-refractivity contribution in [2.45, 2.75) is 19.3 Å². The molecule has 0 radical (unpaired) electrons. The Morgan fingerprint density at radius 2 is 2.42 bits per heavy atom. The number of ether oxygens (including phenoxy) is 1. The number of benzene rings is 1. The first-order valence-corrected chi connectivity index (χ1v) is 4.61. The summed E-state index contributed by atoms with van der Waals surface area (Å²) in [7, 11) is 0. The molecule has 64 valence electrons. The molecule has 1 atom stereocenters. The van der Waals surface area contributed by atoms with Gasteiger partial charge in [-0.05, 0) is 18.6 Å². The minimum atomic E-state index is 0.567. The summed E-state index contributed by atoms with van der Waals surface area (Å²) in [6.07, 6.45) is 1.13. The molecule has 0 aromatic heterocycles. The van der Waals surface area contributed by atoms with E-state index in [1.165, 1.54) is 5.56 Å². The first-order valence-electron chi connectivity index (χ1n) is 4.23. The van der Waals surface area contributed by atoms with Crippen molar-refractivity contribution in [3.63, 3.8) is 0 Å². The van der Waals surface area contributed by atoms with Gasteiger partial charge in [0.25, 0.3) is 0 Å². The van der Waals surface area contributed by atoms with Crippen molar-refractivity contribution in [3.05, 3.63) is 28.8 Å². The third-order valence-corrected chi connectivity index (χ3v) is 2.58. The van der Waals surface area contributed by atoms with Gasteiger partial charge in [0.2, 0.25) is 0 Å². The van der Waals surface area contributed by atoms with Gasteiger partial charge in [0.1, 0.15) is 5.75 Å². The van der Waals surface area contributed by atoms with Crippen LogP contribution in [0.5, 0.6) is 5.75 Å². The van der Waals surface area contributed by atoms with Crippen molar-refractivity contribution in [2.24, 2.45) is 0 Å². The Morgan fingerprint density at radius 3 is 3.17 bits per heavy atom. The Kier molecular flexibility index (Phi) is 1.97. The summed E-state index contributed by atoms with van der Waals surface area (Å²) < 4.78 is 5.50. The van der Waals surface area contributed by atoms with E-state index in [1.54, 1.807) is 0 Å². The first kappa shape index (κ1) is 7.93. The van der Waals surface area contributed by atoms with Gasteiger partial charge in [-0.1, -0.05) is 24.6 Å². The summed E-state index contributed by atoms with van der Waals surface area (Å²) in [5.74, 6) is 1.53. The van der Waals surface area contributed by atoms with Crippen LogP contribution in [-0.4, -0.2) is 6.61 Å². The Bertz CT molecular complexity index is 296. The van der Waals surface area contributed by atoms with Gasteiger partial charge in [0.15, 0.2) is 0 Å². The maximum atomic E-state index is 5.83. The Hall–Kier alpha value is -0.690. The summed E-state index contributed by atoms with van der Waals surface area (Å²) in [5.41, 5.74) is 1.31. The van der Waals surface area contributed by atoms with Gasteiger partial charge in [-0.15, -0.1) is 0 Å².